The first kappa shape index (κ1) is 10.1. The van der Waals surface area contributed by atoms with Crippen LogP contribution in [0.4, 0.5) is 0 Å². The summed E-state index contributed by atoms with van der Waals surface area (Å²) in [7, 11) is 0. The molecular formula is C10H11ClO2. The highest BCUT2D eigenvalue weighted by atomic mass is 35.5. The van der Waals surface area contributed by atoms with Gasteiger partial charge in [-0.25, -0.2) is 0 Å². The van der Waals surface area contributed by atoms with Gasteiger partial charge in [-0.2, -0.15) is 0 Å². The highest BCUT2D eigenvalue weighted by Gasteiger charge is 2.02. The van der Waals surface area contributed by atoms with Crippen LogP contribution < -0.4 is 0 Å². The maximum absolute atomic E-state index is 11.0. The highest BCUT2D eigenvalue weighted by molar-refractivity contribution is 6.17. The van der Waals surface area contributed by atoms with Crippen LogP contribution in [0.3, 0.4) is 0 Å². The van der Waals surface area contributed by atoms with Gasteiger partial charge in [0.25, 0.3) is 0 Å². The van der Waals surface area contributed by atoms with Crippen molar-refractivity contribution in [1.29, 1.82) is 0 Å². The molecule has 0 aliphatic carbocycles. The molecule has 0 fully saturated rings. The molecule has 0 aliphatic rings. The van der Waals surface area contributed by atoms with E-state index in [4.69, 9.17) is 11.6 Å². The van der Waals surface area contributed by atoms with Crippen molar-refractivity contribution in [1.82, 2.24) is 0 Å². The average Bonchev–Trinajstić information content (AvgIpc) is 2.09. The van der Waals surface area contributed by atoms with E-state index in [1.807, 2.05) is 31.2 Å². The zero-order chi connectivity index (χ0) is 9.68. The number of aryl methyl sites for hydroxylation is 1. The molecule has 13 heavy (non-hydrogen) atoms. The lowest BCUT2D eigenvalue weighted by Gasteiger charge is -2.01. The number of alkyl halides is 1. The van der Waals surface area contributed by atoms with E-state index in [-0.39, 0.29) is 18.5 Å². The smallest absolute Gasteiger partial charge is 0.311 e. The highest BCUT2D eigenvalue weighted by Crippen LogP contribution is 2.04. The third-order valence-electron chi connectivity index (χ3n) is 1.68. The fourth-order valence-corrected chi connectivity index (χ4v) is 1.11. The quantitative estimate of drug-likeness (QED) is 0.550. The van der Waals surface area contributed by atoms with E-state index in [9.17, 15) is 4.79 Å². The molecule has 0 amide bonds. The van der Waals surface area contributed by atoms with Crippen LogP contribution in [0.2, 0.25) is 0 Å². The Morgan fingerprint density at radius 2 is 2.00 bits per heavy atom. The molecule has 0 bridgehead atoms. The van der Waals surface area contributed by atoms with Crippen LogP contribution >= 0.6 is 11.6 Å². The molecular weight excluding hydrogens is 188 g/mol. The maximum Gasteiger partial charge on any atom is 0.311 e. The fraction of sp³-hybridized carbons (Fsp3) is 0.300. The van der Waals surface area contributed by atoms with E-state index in [1.54, 1.807) is 0 Å². The minimum Gasteiger partial charge on any atom is -0.449 e. The number of halogens is 1. The van der Waals surface area contributed by atoms with Gasteiger partial charge in [0.2, 0.25) is 0 Å². The second kappa shape index (κ2) is 4.87. The lowest BCUT2D eigenvalue weighted by atomic mass is 10.1. The van der Waals surface area contributed by atoms with Crippen molar-refractivity contribution in [3.8, 4) is 0 Å². The average molecular weight is 199 g/mol. The summed E-state index contributed by atoms with van der Waals surface area (Å²) >= 11 is 5.24. The van der Waals surface area contributed by atoms with Crippen LogP contribution in [-0.2, 0) is 16.0 Å². The molecule has 0 saturated heterocycles. The number of esters is 1. The molecule has 0 N–H and O–H groups in total. The first-order chi connectivity index (χ1) is 6.22. The SMILES string of the molecule is Cc1ccc(CC(=O)OCCl)cc1. The monoisotopic (exact) mass is 198 g/mol. The van der Waals surface area contributed by atoms with Crippen LogP contribution in [0.1, 0.15) is 11.1 Å². The van der Waals surface area contributed by atoms with E-state index in [1.165, 1.54) is 5.56 Å². The molecule has 0 heterocycles. The summed E-state index contributed by atoms with van der Waals surface area (Å²) in [5.74, 6) is -0.293. The Balaban J connectivity index is 2.54. The number of ether oxygens (including phenoxy) is 1. The van der Waals surface area contributed by atoms with Gasteiger partial charge >= 0.3 is 5.97 Å². The fourth-order valence-electron chi connectivity index (χ4n) is 0.984. The van der Waals surface area contributed by atoms with Crippen LogP contribution in [-0.4, -0.2) is 12.0 Å². The Morgan fingerprint density at radius 3 is 2.54 bits per heavy atom. The largest absolute Gasteiger partial charge is 0.449 e. The standard InChI is InChI=1S/C10H11ClO2/c1-8-2-4-9(5-3-8)6-10(12)13-7-11/h2-5H,6-7H2,1H3. The zero-order valence-corrected chi connectivity index (χ0v) is 8.17. The molecule has 0 spiro atoms. The molecule has 1 aromatic carbocycles. The molecule has 0 unspecified atom stereocenters. The van der Waals surface area contributed by atoms with E-state index in [0.29, 0.717) is 0 Å². The van der Waals surface area contributed by atoms with Gasteiger partial charge in [0.15, 0.2) is 6.07 Å². The second-order valence-electron chi connectivity index (χ2n) is 2.79. The lowest BCUT2D eigenvalue weighted by molar-refractivity contribution is -0.140. The van der Waals surface area contributed by atoms with Crippen LogP contribution in [0.5, 0.6) is 0 Å². The van der Waals surface area contributed by atoms with Crippen LogP contribution in [0, 0.1) is 6.92 Å². The molecule has 1 rings (SSSR count). The van der Waals surface area contributed by atoms with E-state index in [2.05, 4.69) is 4.74 Å². The van der Waals surface area contributed by atoms with Crippen LogP contribution in [0.25, 0.3) is 0 Å². The first-order valence-electron chi connectivity index (χ1n) is 3.99. The van der Waals surface area contributed by atoms with Crippen molar-refractivity contribution < 1.29 is 9.53 Å². The summed E-state index contributed by atoms with van der Waals surface area (Å²) in [6, 6.07) is 7.66. The van der Waals surface area contributed by atoms with Crippen molar-refractivity contribution >= 4 is 17.6 Å². The Kier molecular flexibility index (Phi) is 3.77. The summed E-state index contributed by atoms with van der Waals surface area (Å²) < 4.78 is 4.60. The van der Waals surface area contributed by atoms with Crippen molar-refractivity contribution in [2.75, 3.05) is 6.07 Å². The van der Waals surface area contributed by atoms with Gasteiger partial charge in [-0.15, -0.1) is 0 Å². The summed E-state index contributed by atoms with van der Waals surface area (Å²) in [5.41, 5.74) is 2.12. The molecule has 70 valence electrons. The van der Waals surface area contributed by atoms with Gasteiger partial charge in [-0.05, 0) is 12.5 Å². The lowest BCUT2D eigenvalue weighted by Crippen LogP contribution is -2.06. The normalized spacial score (nSPS) is 9.69. The minimum absolute atomic E-state index is 0.0787. The van der Waals surface area contributed by atoms with Crippen LogP contribution in [0.15, 0.2) is 24.3 Å². The number of carbonyl (C=O) groups is 1. The molecule has 0 radical (unpaired) electrons. The summed E-state index contributed by atoms with van der Waals surface area (Å²) in [6.07, 6.45) is 0.285. The topological polar surface area (TPSA) is 26.3 Å². The maximum atomic E-state index is 11.0. The molecule has 0 saturated carbocycles. The predicted molar refractivity (Wildman–Crippen MR) is 51.7 cm³/mol. The second-order valence-corrected chi connectivity index (χ2v) is 3.01. The van der Waals surface area contributed by atoms with Gasteiger partial charge < -0.3 is 4.74 Å². The molecule has 0 aliphatic heterocycles. The number of rotatable bonds is 3. The van der Waals surface area contributed by atoms with Gasteiger partial charge in [-0.1, -0.05) is 41.4 Å². The number of hydrogen-bond donors (Lipinski definition) is 0. The molecule has 2 nitrogen and oxygen atoms in total. The third kappa shape index (κ3) is 3.47. The Labute approximate surface area is 82.5 Å². The number of hydrogen-bond acceptors (Lipinski definition) is 2. The molecule has 1 aromatic rings. The third-order valence-corrected chi connectivity index (χ3v) is 1.79. The first-order valence-corrected chi connectivity index (χ1v) is 4.53. The molecule has 3 heteroatoms. The molecule has 0 aromatic heterocycles. The van der Waals surface area contributed by atoms with Gasteiger partial charge in [0.05, 0.1) is 6.42 Å². The van der Waals surface area contributed by atoms with Gasteiger partial charge in [-0.3, -0.25) is 4.79 Å². The van der Waals surface area contributed by atoms with Gasteiger partial charge in [0, 0.05) is 0 Å². The Bertz CT molecular complexity index is 279. The van der Waals surface area contributed by atoms with E-state index < -0.39 is 0 Å². The zero-order valence-electron chi connectivity index (χ0n) is 7.42. The Hall–Kier alpha value is -1.02. The Morgan fingerprint density at radius 1 is 1.38 bits per heavy atom. The summed E-state index contributed by atoms with van der Waals surface area (Å²) in [4.78, 5) is 11.0. The van der Waals surface area contributed by atoms with Crippen molar-refractivity contribution in [3.63, 3.8) is 0 Å². The van der Waals surface area contributed by atoms with Crippen molar-refractivity contribution in [2.45, 2.75) is 13.3 Å². The van der Waals surface area contributed by atoms with Crippen molar-refractivity contribution in [2.24, 2.45) is 0 Å². The summed E-state index contributed by atoms with van der Waals surface area (Å²) in [6.45, 7) is 2.00. The van der Waals surface area contributed by atoms with E-state index >= 15 is 0 Å². The summed E-state index contributed by atoms with van der Waals surface area (Å²) in [5, 5.41) is 0. The van der Waals surface area contributed by atoms with E-state index in [0.717, 1.165) is 5.56 Å². The molecule has 0 atom stereocenters. The minimum atomic E-state index is -0.293. The number of carbonyl (C=O) groups excluding carboxylic acids is 1. The number of benzene rings is 1. The van der Waals surface area contributed by atoms with Gasteiger partial charge in [0.1, 0.15) is 0 Å². The predicted octanol–water partition coefficient (Wildman–Crippen LogP) is 2.28. The van der Waals surface area contributed by atoms with Crippen molar-refractivity contribution in [3.05, 3.63) is 35.4 Å².